The van der Waals surface area contributed by atoms with E-state index in [9.17, 15) is 0 Å². The smallest absolute Gasteiger partial charge is 0.0907 e. The molecule has 0 bridgehead atoms. The van der Waals surface area contributed by atoms with E-state index in [1.54, 1.807) is 0 Å². The molecule has 0 saturated heterocycles. The van der Waals surface area contributed by atoms with E-state index >= 15 is 0 Å². The molecule has 0 aliphatic rings. The molecule has 0 amide bonds. The second kappa shape index (κ2) is 5.68. The van der Waals surface area contributed by atoms with Gasteiger partial charge in [0, 0.05) is 32.3 Å². The van der Waals surface area contributed by atoms with Gasteiger partial charge in [-0.15, -0.1) is 0 Å². The lowest BCUT2D eigenvalue weighted by atomic mass is 10.1. The van der Waals surface area contributed by atoms with Crippen molar-refractivity contribution in [2.45, 2.75) is 6.92 Å². The minimum atomic E-state index is 0.993. The minimum absolute atomic E-state index is 0.993. The van der Waals surface area contributed by atoms with Gasteiger partial charge in [-0.3, -0.25) is 4.98 Å². The third-order valence-corrected chi connectivity index (χ3v) is 4.06. The Hall–Kier alpha value is -0.440. The predicted octanol–water partition coefficient (Wildman–Crippen LogP) is 3.97. The van der Waals surface area contributed by atoms with Gasteiger partial charge in [-0.2, -0.15) is 0 Å². The van der Waals surface area contributed by atoms with Gasteiger partial charge in [0.15, 0.2) is 0 Å². The van der Waals surface area contributed by atoms with Crippen LogP contribution >= 0.6 is 45.2 Å². The zero-order valence-corrected chi connectivity index (χ0v) is 14.7. The number of nitrogens with zero attached hydrogens (tertiary/aromatic N) is 3. The van der Waals surface area contributed by atoms with Crippen molar-refractivity contribution >= 4 is 68.1 Å². The molecule has 0 spiro atoms. The van der Waals surface area contributed by atoms with Gasteiger partial charge in [-0.05, 0) is 70.3 Å². The van der Waals surface area contributed by atoms with Crippen molar-refractivity contribution in [2.75, 3.05) is 14.1 Å². The largest absolute Gasteiger partial charge is 0.369 e. The molecule has 5 heteroatoms. The maximum absolute atomic E-state index is 4.61. The number of aromatic nitrogens is 1. The molecule has 1 aromatic heterocycles. The highest BCUT2D eigenvalue weighted by atomic mass is 127. The standard InChI is InChI=1S/C13H13I2N3/c1-8-4-5-9-12(16-7-18(2)3)10(14)6-11(15)13(9)17-8/h4-7H,1-3H3/b16-7+. The fourth-order valence-corrected chi connectivity index (χ4v) is 3.67. The fraction of sp³-hybridized carbons (Fsp3) is 0.231. The Bertz CT molecular complexity index is 621. The summed E-state index contributed by atoms with van der Waals surface area (Å²) in [4.78, 5) is 11.1. The molecule has 0 atom stereocenters. The topological polar surface area (TPSA) is 28.5 Å². The summed E-state index contributed by atoms with van der Waals surface area (Å²) in [6.45, 7) is 2.01. The van der Waals surface area contributed by atoms with Gasteiger partial charge in [0.1, 0.15) is 0 Å². The number of aliphatic imine (C=N–C) groups is 1. The highest BCUT2D eigenvalue weighted by Crippen LogP contribution is 2.33. The summed E-state index contributed by atoms with van der Waals surface area (Å²) in [6.07, 6.45) is 1.82. The molecule has 18 heavy (non-hydrogen) atoms. The van der Waals surface area contributed by atoms with Crippen LogP contribution in [0.1, 0.15) is 5.69 Å². The summed E-state index contributed by atoms with van der Waals surface area (Å²) in [5, 5.41) is 1.11. The van der Waals surface area contributed by atoms with Gasteiger partial charge in [-0.25, -0.2) is 4.99 Å². The first-order valence-corrected chi connectivity index (χ1v) is 7.61. The quantitative estimate of drug-likeness (QED) is 0.382. The van der Waals surface area contributed by atoms with Crippen LogP contribution in [-0.2, 0) is 0 Å². The minimum Gasteiger partial charge on any atom is -0.369 e. The Labute approximate surface area is 134 Å². The number of benzene rings is 1. The molecule has 2 aromatic rings. The lowest BCUT2D eigenvalue weighted by Gasteiger charge is -2.09. The average molecular weight is 465 g/mol. The predicted molar refractivity (Wildman–Crippen MR) is 93.8 cm³/mol. The Morgan fingerprint density at radius 3 is 2.61 bits per heavy atom. The Balaban J connectivity index is 2.72. The zero-order valence-electron chi connectivity index (χ0n) is 10.4. The SMILES string of the molecule is Cc1ccc2c(/N=C/N(C)C)c(I)cc(I)c2n1. The van der Waals surface area contributed by atoms with Crippen LogP contribution in [0, 0.1) is 14.1 Å². The molecule has 0 fully saturated rings. The summed E-state index contributed by atoms with van der Waals surface area (Å²) in [7, 11) is 3.93. The number of fused-ring (bicyclic) bond motifs is 1. The molecule has 2 rings (SSSR count). The number of hydrogen-bond donors (Lipinski definition) is 0. The number of aryl methyl sites for hydroxylation is 1. The number of halogens is 2. The molecule has 0 unspecified atom stereocenters. The van der Waals surface area contributed by atoms with Crippen molar-refractivity contribution in [1.29, 1.82) is 0 Å². The van der Waals surface area contributed by atoms with Crippen molar-refractivity contribution in [3.63, 3.8) is 0 Å². The molecule has 0 N–H and O–H groups in total. The van der Waals surface area contributed by atoms with E-state index in [4.69, 9.17) is 0 Å². The van der Waals surface area contributed by atoms with E-state index in [0.29, 0.717) is 0 Å². The van der Waals surface area contributed by atoms with E-state index in [-0.39, 0.29) is 0 Å². The van der Waals surface area contributed by atoms with Crippen LogP contribution in [0.5, 0.6) is 0 Å². The lowest BCUT2D eigenvalue weighted by molar-refractivity contribution is 0.643. The van der Waals surface area contributed by atoms with Crippen LogP contribution in [0.25, 0.3) is 10.9 Å². The van der Waals surface area contributed by atoms with Gasteiger partial charge in [0.2, 0.25) is 0 Å². The summed E-state index contributed by atoms with van der Waals surface area (Å²) in [6, 6.07) is 6.26. The second-order valence-corrected chi connectivity index (χ2v) is 6.57. The maximum atomic E-state index is 4.61. The normalized spacial score (nSPS) is 11.4. The molecule has 94 valence electrons. The van der Waals surface area contributed by atoms with Crippen molar-refractivity contribution < 1.29 is 0 Å². The molecule has 1 aromatic carbocycles. The molecule has 0 aliphatic heterocycles. The molecule has 0 radical (unpaired) electrons. The molecular formula is C13H13I2N3. The summed E-state index contributed by atoms with van der Waals surface area (Å²) in [5.74, 6) is 0. The third kappa shape index (κ3) is 2.93. The van der Waals surface area contributed by atoms with Crippen LogP contribution in [0.4, 0.5) is 5.69 Å². The highest BCUT2D eigenvalue weighted by molar-refractivity contribution is 14.1. The number of pyridine rings is 1. The number of rotatable bonds is 2. The second-order valence-electron chi connectivity index (χ2n) is 4.25. The van der Waals surface area contributed by atoms with Gasteiger partial charge >= 0.3 is 0 Å². The van der Waals surface area contributed by atoms with E-state index in [1.807, 2.05) is 38.3 Å². The summed E-state index contributed by atoms with van der Waals surface area (Å²) >= 11 is 4.65. The zero-order chi connectivity index (χ0) is 13.3. The van der Waals surface area contributed by atoms with Crippen molar-refractivity contribution in [3.8, 4) is 0 Å². The van der Waals surface area contributed by atoms with E-state index in [1.165, 1.54) is 3.57 Å². The van der Waals surface area contributed by atoms with Crippen LogP contribution < -0.4 is 0 Å². The lowest BCUT2D eigenvalue weighted by Crippen LogP contribution is -2.07. The number of hydrogen-bond acceptors (Lipinski definition) is 2. The van der Waals surface area contributed by atoms with E-state index < -0.39 is 0 Å². The first kappa shape index (κ1) is 14.0. The molecule has 0 aliphatic carbocycles. The monoisotopic (exact) mass is 465 g/mol. The van der Waals surface area contributed by atoms with Gasteiger partial charge in [0.25, 0.3) is 0 Å². The third-order valence-electron chi connectivity index (χ3n) is 2.41. The fourth-order valence-electron chi connectivity index (χ4n) is 1.61. The summed E-state index contributed by atoms with van der Waals surface area (Å²) < 4.78 is 2.31. The van der Waals surface area contributed by atoms with Crippen molar-refractivity contribution in [3.05, 3.63) is 31.0 Å². The van der Waals surface area contributed by atoms with Gasteiger partial charge < -0.3 is 4.90 Å². The first-order chi connectivity index (χ1) is 8.49. The Kier molecular flexibility index (Phi) is 4.41. The molecule has 0 saturated carbocycles. The van der Waals surface area contributed by atoms with Crippen LogP contribution in [0.3, 0.4) is 0 Å². The molecular weight excluding hydrogens is 452 g/mol. The van der Waals surface area contributed by atoms with Crippen molar-refractivity contribution in [1.82, 2.24) is 9.88 Å². The Morgan fingerprint density at radius 2 is 1.94 bits per heavy atom. The maximum Gasteiger partial charge on any atom is 0.0907 e. The van der Waals surface area contributed by atoms with Crippen LogP contribution in [-0.4, -0.2) is 30.3 Å². The summed E-state index contributed by atoms with van der Waals surface area (Å²) in [5.41, 5.74) is 3.05. The molecule has 3 nitrogen and oxygen atoms in total. The van der Waals surface area contributed by atoms with Crippen LogP contribution in [0.15, 0.2) is 23.2 Å². The Morgan fingerprint density at radius 1 is 1.22 bits per heavy atom. The molecule has 1 heterocycles. The van der Waals surface area contributed by atoms with Gasteiger partial charge in [0.05, 0.1) is 17.5 Å². The van der Waals surface area contributed by atoms with Crippen LogP contribution in [0.2, 0.25) is 0 Å². The first-order valence-electron chi connectivity index (χ1n) is 5.45. The van der Waals surface area contributed by atoms with E-state index in [2.05, 4.69) is 67.3 Å². The van der Waals surface area contributed by atoms with Crippen molar-refractivity contribution in [2.24, 2.45) is 4.99 Å². The van der Waals surface area contributed by atoms with E-state index in [0.717, 1.165) is 25.9 Å². The average Bonchev–Trinajstić information content (AvgIpc) is 2.29. The highest BCUT2D eigenvalue weighted by Gasteiger charge is 2.09. The van der Waals surface area contributed by atoms with Gasteiger partial charge in [-0.1, -0.05) is 0 Å².